The van der Waals surface area contributed by atoms with Crippen LogP contribution in [-0.2, 0) is 6.61 Å². The molecule has 1 heterocycles. The van der Waals surface area contributed by atoms with Crippen molar-refractivity contribution >= 4 is 39.9 Å². The number of halogens is 2. The molecule has 0 radical (unpaired) electrons. The highest BCUT2D eigenvalue weighted by Gasteiger charge is 2.24. The van der Waals surface area contributed by atoms with Crippen LogP contribution in [0.4, 0.5) is 5.69 Å². The second-order valence-corrected chi connectivity index (χ2v) is 7.24. The first-order valence-corrected chi connectivity index (χ1v) is 9.60. The molecule has 9 heteroatoms. The van der Waals surface area contributed by atoms with Gasteiger partial charge in [0.15, 0.2) is 5.75 Å². The van der Waals surface area contributed by atoms with Crippen molar-refractivity contribution in [3.63, 3.8) is 0 Å². The molecular formula is C21H15Cl2N3O4. The van der Waals surface area contributed by atoms with E-state index in [1.807, 2.05) is 30.3 Å². The molecule has 0 aliphatic heterocycles. The lowest BCUT2D eigenvalue weighted by Gasteiger charge is -2.12. The van der Waals surface area contributed by atoms with Gasteiger partial charge in [-0.3, -0.25) is 10.1 Å². The van der Waals surface area contributed by atoms with Crippen molar-refractivity contribution in [2.45, 2.75) is 6.61 Å². The standard InChI is InChI=1S/C21H15Cl2N3O4/c1-29-19-8-13(21-24-16-9-14(22)15(23)10-17(16)25-21)7-18(26(27)28)20(19)30-11-12-5-3-2-4-6-12/h2-10H,11H2,1H3,(H,24,25). The molecule has 152 valence electrons. The van der Waals surface area contributed by atoms with Gasteiger partial charge >= 0.3 is 5.69 Å². The number of nitrogens with zero attached hydrogens (tertiary/aromatic N) is 2. The van der Waals surface area contributed by atoms with E-state index in [0.717, 1.165) is 5.56 Å². The summed E-state index contributed by atoms with van der Waals surface area (Å²) < 4.78 is 11.1. The van der Waals surface area contributed by atoms with Crippen LogP contribution in [0.2, 0.25) is 10.0 Å². The first-order valence-electron chi connectivity index (χ1n) is 8.84. The molecular weight excluding hydrogens is 429 g/mol. The number of hydrogen-bond acceptors (Lipinski definition) is 5. The molecule has 0 bridgehead atoms. The van der Waals surface area contributed by atoms with Gasteiger partial charge in [-0.1, -0.05) is 53.5 Å². The van der Waals surface area contributed by atoms with Crippen LogP contribution in [0.15, 0.2) is 54.6 Å². The van der Waals surface area contributed by atoms with Gasteiger partial charge in [-0.15, -0.1) is 0 Å². The maximum Gasteiger partial charge on any atom is 0.315 e. The van der Waals surface area contributed by atoms with E-state index in [-0.39, 0.29) is 23.8 Å². The van der Waals surface area contributed by atoms with Crippen LogP contribution in [0, 0.1) is 10.1 Å². The zero-order valence-electron chi connectivity index (χ0n) is 15.7. The quantitative estimate of drug-likeness (QED) is 0.290. The number of aromatic amines is 1. The fourth-order valence-electron chi connectivity index (χ4n) is 3.03. The van der Waals surface area contributed by atoms with Crippen LogP contribution in [0.3, 0.4) is 0 Å². The van der Waals surface area contributed by atoms with Crippen molar-refractivity contribution in [2.75, 3.05) is 7.11 Å². The Morgan fingerprint density at radius 1 is 1.10 bits per heavy atom. The minimum atomic E-state index is -0.511. The number of fused-ring (bicyclic) bond motifs is 1. The number of benzene rings is 3. The molecule has 0 unspecified atom stereocenters. The molecule has 30 heavy (non-hydrogen) atoms. The van der Waals surface area contributed by atoms with Crippen LogP contribution < -0.4 is 9.47 Å². The van der Waals surface area contributed by atoms with Crippen LogP contribution in [0.1, 0.15) is 5.56 Å². The predicted octanol–water partition coefficient (Wildman–Crippen LogP) is 6.03. The molecule has 4 aromatic rings. The minimum Gasteiger partial charge on any atom is -0.493 e. The van der Waals surface area contributed by atoms with E-state index in [0.29, 0.717) is 32.5 Å². The molecule has 0 spiro atoms. The summed E-state index contributed by atoms with van der Waals surface area (Å²) >= 11 is 12.1. The second kappa shape index (κ2) is 8.22. The summed E-state index contributed by atoms with van der Waals surface area (Å²) in [7, 11) is 1.43. The Bertz CT molecular complexity index is 1200. The predicted molar refractivity (Wildman–Crippen MR) is 116 cm³/mol. The van der Waals surface area contributed by atoms with E-state index in [9.17, 15) is 10.1 Å². The Kier molecular flexibility index (Phi) is 5.48. The number of aromatic nitrogens is 2. The van der Waals surface area contributed by atoms with Gasteiger partial charge in [-0.2, -0.15) is 0 Å². The van der Waals surface area contributed by atoms with Gasteiger partial charge in [0.25, 0.3) is 0 Å². The fraction of sp³-hybridized carbons (Fsp3) is 0.0952. The summed E-state index contributed by atoms with van der Waals surface area (Å²) in [5.74, 6) is 0.697. The average Bonchev–Trinajstić information content (AvgIpc) is 3.15. The Morgan fingerprint density at radius 2 is 1.83 bits per heavy atom. The molecule has 1 aromatic heterocycles. The third-order valence-corrected chi connectivity index (χ3v) is 5.20. The summed E-state index contributed by atoms with van der Waals surface area (Å²) in [6, 6.07) is 15.7. The van der Waals surface area contributed by atoms with Crippen molar-refractivity contribution in [1.29, 1.82) is 0 Å². The van der Waals surface area contributed by atoms with Crippen LogP contribution in [0.5, 0.6) is 11.5 Å². The third-order valence-electron chi connectivity index (χ3n) is 4.48. The van der Waals surface area contributed by atoms with Crippen LogP contribution in [-0.4, -0.2) is 22.0 Å². The van der Waals surface area contributed by atoms with E-state index in [4.69, 9.17) is 32.7 Å². The van der Waals surface area contributed by atoms with Crippen molar-refractivity contribution in [2.24, 2.45) is 0 Å². The highest BCUT2D eigenvalue weighted by Crippen LogP contribution is 2.41. The van der Waals surface area contributed by atoms with Crippen molar-refractivity contribution < 1.29 is 14.4 Å². The molecule has 3 aromatic carbocycles. The summed E-state index contributed by atoms with van der Waals surface area (Å²) in [5, 5.41) is 12.5. The second-order valence-electron chi connectivity index (χ2n) is 6.43. The molecule has 0 amide bonds. The Balaban J connectivity index is 1.76. The molecule has 4 rings (SSSR count). The number of H-pyrrole nitrogens is 1. The fourth-order valence-corrected chi connectivity index (χ4v) is 3.35. The van der Waals surface area contributed by atoms with E-state index in [2.05, 4.69) is 9.97 Å². The lowest BCUT2D eigenvalue weighted by atomic mass is 10.1. The normalized spacial score (nSPS) is 10.9. The van der Waals surface area contributed by atoms with Crippen LogP contribution >= 0.6 is 23.2 Å². The van der Waals surface area contributed by atoms with Gasteiger partial charge in [-0.05, 0) is 23.8 Å². The number of ether oxygens (including phenoxy) is 2. The van der Waals surface area contributed by atoms with E-state index in [1.54, 1.807) is 18.2 Å². The molecule has 1 N–H and O–H groups in total. The molecule has 0 saturated carbocycles. The summed E-state index contributed by atoms with van der Waals surface area (Å²) in [6.45, 7) is 0.166. The molecule has 7 nitrogen and oxygen atoms in total. The van der Waals surface area contributed by atoms with Crippen LogP contribution in [0.25, 0.3) is 22.4 Å². The Hall–Kier alpha value is -3.29. The van der Waals surface area contributed by atoms with Crippen molar-refractivity contribution in [1.82, 2.24) is 9.97 Å². The van der Waals surface area contributed by atoms with Gasteiger partial charge in [-0.25, -0.2) is 4.98 Å². The number of imidazole rings is 1. The monoisotopic (exact) mass is 443 g/mol. The van der Waals surface area contributed by atoms with Gasteiger partial charge in [0.2, 0.25) is 5.75 Å². The topological polar surface area (TPSA) is 90.3 Å². The van der Waals surface area contributed by atoms with E-state index < -0.39 is 4.92 Å². The number of hydrogen-bond donors (Lipinski definition) is 1. The Labute approximate surface area is 181 Å². The molecule has 0 atom stereocenters. The number of methoxy groups -OCH3 is 1. The molecule has 0 saturated heterocycles. The highest BCUT2D eigenvalue weighted by atomic mass is 35.5. The van der Waals surface area contributed by atoms with E-state index in [1.165, 1.54) is 13.2 Å². The number of rotatable bonds is 6. The van der Waals surface area contributed by atoms with Gasteiger partial charge in [0.05, 0.1) is 33.1 Å². The maximum atomic E-state index is 11.8. The average molecular weight is 444 g/mol. The smallest absolute Gasteiger partial charge is 0.315 e. The zero-order chi connectivity index (χ0) is 21.3. The Morgan fingerprint density at radius 3 is 2.53 bits per heavy atom. The van der Waals surface area contributed by atoms with Gasteiger partial charge in [0.1, 0.15) is 12.4 Å². The highest BCUT2D eigenvalue weighted by molar-refractivity contribution is 6.42. The first-order chi connectivity index (χ1) is 14.5. The largest absolute Gasteiger partial charge is 0.493 e. The number of nitro benzene ring substituents is 1. The lowest BCUT2D eigenvalue weighted by Crippen LogP contribution is -2.02. The summed E-state index contributed by atoms with van der Waals surface area (Å²) in [6.07, 6.45) is 0. The number of nitrogens with one attached hydrogen (secondary N) is 1. The molecule has 0 aliphatic rings. The van der Waals surface area contributed by atoms with Crippen molar-refractivity contribution in [3.05, 3.63) is 80.3 Å². The summed E-state index contributed by atoms with van der Waals surface area (Å²) in [5.41, 5.74) is 2.37. The van der Waals surface area contributed by atoms with E-state index >= 15 is 0 Å². The minimum absolute atomic E-state index is 0.0531. The number of nitro groups is 1. The van der Waals surface area contributed by atoms with Crippen molar-refractivity contribution in [3.8, 4) is 22.9 Å². The molecule has 0 aliphatic carbocycles. The SMILES string of the molecule is COc1cc(-c2nc3cc(Cl)c(Cl)cc3[nH]2)cc([N+](=O)[O-])c1OCc1ccccc1. The van der Waals surface area contributed by atoms with Gasteiger partial charge < -0.3 is 14.5 Å². The zero-order valence-corrected chi connectivity index (χ0v) is 17.2. The maximum absolute atomic E-state index is 11.8. The summed E-state index contributed by atoms with van der Waals surface area (Å²) in [4.78, 5) is 18.8. The first kappa shape index (κ1) is 20.0. The van der Waals surface area contributed by atoms with Gasteiger partial charge in [0, 0.05) is 11.6 Å². The lowest BCUT2D eigenvalue weighted by molar-refractivity contribution is -0.386. The molecule has 0 fully saturated rings. The third kappa shape index (κ3) is 3.90.